The molecule has 2 heterocycles. The number of pyridine rings is 1. The maximum absolute atomic E-state index is 4.37. The molecule has 0 aliphatic rings. The highest BCUT2D eigenvalue weighted by molar-refractivity contribution is 7.22. The summed E-state index contributed by atoms with van der Waals surface area (Å²) in [5.41, 5.74) is 3.60. The number of fused-ring (bicyclic) bond motifs is 1. The molecule has 0 aliphatic heterocycles. The fourth-order valence-electron chi connectivity index (χ4n) is 2.06. The van der Waals surface area contributed by atoms with Gasteiger partial charge in [0.15, 0.2) is 0 Å². The summed E-state index contributed by atoms with van der Waals surface area (Å²) in [5, 5.41) is 3.35. The molecule has 0 fully saturated rings. The van der Waals surface area contributed by atoms with Crippen LogP contribution in [0.5, 0.6) is 0 Å². The Morgan fingerprint density at radius 3 is 3.11 bits per heavy atom. The van der Waals surface area contributed by atoms with E-state index in [0.29, 0.717) is 0 Å². The number of aromatic nitrogens is 1. The van der Waals surface area contributed by atoms with E-state index in [0.717, 1.165) is 23.3 Å². The Morgan fingerprint density at radius 1 is 1.32 bits per heavy atom. The van der Waals surface area contributed by atoms with Crippen molar-refractivity contribution in [2.24, 2.45) is 0 Å². The Balaban J connectivity index is 1.96. The highest BCUT2D eigenvalue weighted by Gasteiger charge is 2.05. The smallest absolute Gasteiger partial charge is 0.0822 e. The highest BCUT2D eigenvalue weighted by atomic mass is 32.1. The van der Waals surface area contributed by atoms with Gasteiger partial charge in [0.05, 0.1) is 10.2 Å². The molecule has 2 nitrogen and oxygen atoms in total. The van der Waals surface area contributed by atoms with E-state index in [1.54, 1.807) is 17.5 Å². The van der Waals surface area contributed by atoms with Crippen molar-refractivity contribution >= 4 is 21.6 Å². The summed E-state index contributed by atoms with van der Waals surface area (Å²) in [6.45, 7) is 4.03. The average Bonchev–Trinajstić information content (AvgIpc) is 2.89. The fourth-order valence-corrected chi connectivity index (χ4v) is 3.04. The van der Waals surface area contributed by atoms with Crippen molar-refractivity contribution in [2.45, 2.75) is 13.5 Å². The van der Waals surface area contributed by atoms with Crippen LogP contribution in [-0.2, 0) is 6.54 Å². The Hall–Kier alpha value is -1.71. The normalized spacial score (nSPS) is 11.0. The zero-order chi connectivity index (χ0) is 13.1. The van der Waals surface area contributed by atoms with Crippen molar-refractivity contribution in [2.75, 3.05) is 6.54 Å². The molecule has 0 saturated heterocycles. The van der Waals surface area contributed by atoms with Crippen LogP contribution in [-0.4, -0.2) is 11.5 Å². The molecule has 0 saturated carbocycles. The first-order valence-corrected chi connectivity index (χ1v) is 7.25. The Bertz CT molecular complexity index is 655. The van der Waals surface area contributed by atoms with E-state index >= 15 is 0 Å². The van der Waals surface area contributed by atoms with Gasteiger partial charge in [-0.05, 0) is 35.9 Å². The molecule has 95 valence electrons. The number of thiophene rings is 1. The molecule has 0 atom stereocenters. The summed E-state index contributed by atoms with van der Waals surface area (Å²) < 4.78 is 1.12. The van der Waals surface area contributed by atoms with Gasteiger partial charge in [0.2, 0.25) is 0 Å². The summed E-state index contributed by atoms with van der Waals surface area (Å²) in [5.74, 6) is 0. The lowest BCUT2D eigenvalue weighted by molar-refractivity contribution is 0.727. The van der Waals surface area contributed by atoms with E-state index < -0.39 is 0 Å². The average molecular weight is 267 g/mol. The lowest BCUT2D eigenvalue weighted by atomic mass is 10.1. The lowest BCUT2D eigenvalue weighted by Gasteiger charge is -2.04. The largest absolute Gasteiger partial charge is 0.313 e. The van der Waals surface area contributed by atoms with Crippen molar-refractivity contribution in [3.05, 3.63) is 54.2 Å². The SMILES string of the molecule is CCNCc1cccc(-c2cc3ncc[c]c3s2)c1. The molecule has 0 spiro atoms. The van der Waals surface area contributed by atoms with Gasteiger partial charge in [0.25, 0.3) is 0 Å². The quantitative estimate of drug-likeness (QED) is 0.776. The van der Waals surface area contributed by atoms with Crippen LogP contribution in [0.4, 0.5) is 0 Å². The molecule has 0 aliphatic carbocycles. The number of nitrogens with zero attached hydrogens (tertiary/aromatic N) is 1. The first-order chi connectivity index (χ1) is 9.36. The minimum absolute atomic E-state index is 0.916. The fraction of sp³-hybridized carbons (Fsp3) is 0.188. The van der Waals surface area contributed by atoms with Crippen LogP contribution < -0.4 is 5.32 Å². The van der Waals surface area contributed by atoms with E-state index in [-0.39, 0.29) is 0 Å². The van der Waals surface area contributed by atoms with Gasteiger partial charge in [-0.25, -0.2) is 0 Å². The van der Waals surface area contributed by atoms with Crippen molar-refractivity contribution in [1.29, 1.82) is 0 Å². The van der Waals surface area contributed by atoms with Gasteiger partial charge in [-0.3, -0.25) is 4.98 Å². The van der Waals surface area contributed by atoms with Crippen molar-refractivity contribution in [1.82, 2.24) is 10.3 Å². The van der Waals surface area contributed by atoms with Crippen molar-refractivity contribution in [3.8, 4) is 10.4 Å². The minimum atomic E-state index is 0.916. The van der Waals surface area contributed by atoms with E-state index in [1.165, 1.54) is 16.0 Å². The number of hydrogen-bond acceptors (Lipinski definition) is 3. The Labute approximate surface area is 117 Å². The summed E-state index contributed by atoms with van der Waals surface area (Å²) in [6, 6.07) is 15.9. The van der Waals surface area contributed by atoms with Crippen molar-refractivity contribution in [3.63, 3.8) is 0 Å². The summed E-state index contributed by atoms with van der Waals surface area (Å²) in [6.07, 6.45) is 1.79. The highest BCUT2D eigenvalue weighted by Crippen LogP contribution is 2.32. The molecule has 3 heteroatoms. The van der Waals surface area contributed by atoms with Crippen LogP contribution in [0.3, 0.4) is 0 Å². The Kier molecular flexibility index (Phi) is 3.58. The molecular weight excluding hydrogens is 252 g/mol. The third kappa shape index (κ3) is 2.67. The molecule has 1 N–H and O–H groups in total. The van der Waals surface area contributed by atoms with Gasteiger partial charge in [-0.15, -0.1) is 11.3 Å². The van der Waals surface area contributed by atoms with Gasteiger partial charge in [0, 0.05) is 23.7 Å². The second-order valence-electron chi connectivity index (χ2n) is 4.39. The second kappa shape index (κ2) is 5.51. The third-order valence-corrected chi connectivity index (χ3v) is 4.11. The molecule has 3 aromatic rings. The maximum atomic E-state index is 4.37. The van der Waals surface area contributed by atoms with Crippen LogP contribution in [0.25, 0.3) is 20.7 Å². The molecule has 19 heavy (non-hydrogen) atoms. The summed E-state index contributed by atoms with van der Waals surface area (Å²) in [7, 11) is 0. The monoisotopic (exact) mass is 267 g/mol. The standard InChI is InChI=1S/C16H15N2S/c1-2-17-11-12-5-3-6-13(9-12)16-10-14-15(19-16)7-4-8-18-14/h3-6,8-10,17H,2,11H2,1H3. The number of rotatable bonds is 4. The van der Waals surface area contributed by atoms with Crippen LogP contribution in [0.15, 0.2) is 42.6 Å². The molecular formula is C16H15N2S. The van der Waals surface area contributed by atoms with Gasteiger partial charge in [-0.2, -0.15) is 0 Å². The molecule has 1 aromatic carbocycles. The van der Waals surface area contributed by atoms with Crippen LogP contribution in [0, 0.1) is 6.07 Å². The second-order valence-corrected chi connectivity index (χ2v) is 5.45. The topological polar surface area (TPSA) is 24.9 Å². The lowest BCUT2D eigenvalue weighted by Crippen LogP contribution is -2.11. The molecule has 3 rings (SSSR count). The number of hydrogen-bond donors (Lipinski definition) is 1. The zero-order valence-corrected chi connectivity index (χ0v) is 11.6. The third-order valence-electron chi connectivity index (χ3n) is 3.01. The summed E-state index contributed by atoms with van der Waals surface area (Å²) >= 11 is 1.74. The van der Waals surface area contributed by atoms with Crippen LogP contribution >= 0.6 is 11.3 Å². The predicted molar refractivity (Wildman–Crippen MR) is 81.3 cm³/mol. The zero-order valence-electron chi connectivity index (χ0n) is 10.8. The van der Waals surface area contributed by atoms with Gasteiger partial charge >= 0.3 is 0 Å². The first kappa shape index (κ1) is 12.3. The number of benzene rings is 1. The van der Waals surface area contributed by atoms with E-state index in [1.807, 2.05) is 6.07 Å². The molecule has 2 aromatic heterocycles. The minimum Gasteiger partial charge on any atom is -0.313 e. The number of nitrogens with one attached hydrogen (secondary N) is 1. The molecule has 1 radical (unpaired) electrons. The van der Waals surface area contributed by atoms with Gasteiger partial charge < -0.3 is 5.32 Å². The summed E-state index contributed by atoms with van der Waals surface area (Å²) in [4.78, 5) is 5.62. The van der Waals surface area contributed by atoms with E-state index in [2.05, 4.69) is 53.6 Å². The Morgan fingerprint density at radius 2 is 2.26 bits per heavy atom. The van der Waals surface area contributed by atoms with Gasteiger partial charge in [0.1, 0.15) is 0 Å². The first-order valence-electron chi connectivity index (χ1n) is 6.43. The van der Waals surface area contributed by atoms with Crippen molar-refractivity contribution < 1.29 is 0 Å². The van der Waals surface area contributed by atoms with Crippen LogP contribution in [0.2, 0.25) is 0 Å². The van der Waals surface area contributed by atoms with Gasteiger partial charge in [-0.1, -0.05) is 25.1 Å². The predicted octanol–water partition coefficient (Wildman–Crippen LogP) is 3.87. The van der Waals surface area contributed by atoms with Crippen LogP contribution in [0.1, 0.15) is 12.5 Å². The maximum Gasteiger partial charge on any atom is 0.0822 e. The molecule has 0 unspecified atom stereocenters. The molecule has 0 amide bonds. The van der Waals surface area contributed by atoms with E-state index in [4.69, 9.17) is 0 Å². The molecule has 0 bridgehead atoms. The van der Waals surface area contributed by atoms with E-state index in [9.17, 15) is 0 Å².